The number of benzene rings is 6. The fourth-order valence-electron chi connectivity index (χ4n) is 8.48. The number of fused-ring (bicyclic) bond motifs is 5. The van der Waals surface area contributed by atoms with E-state index in [1.54, 1.807) is 0 Å². The summed E-state index contributed by atoms with van der Waals surface area (Å²) >= 11 is 0. The fraction of sp³-hybridized carbons (Fsp3) is 0.148. The van der Waals surface area contributed by atoms with E-state index in [4.69, 9.17) is 10.1 Å². The second kappa shape index (κ2) is 14.3. The Morgan fingerprint density at radius 1 is 0.500 bits per heavy atom. The molecule has 0 unspecified atom stereocenters. The van der Waals surface area contributed by atoms with Crippen molar-refractivity contribution in [1.29, 1.82) is 0 Å². The normalized spacial score (nSPS) is 12.7. The zero-order valence-electron chi connectivity index (χ0n) is 35.0. The third kappa shape index (κ3) is 6.55. The molecule has 0 bridgehead atoms. The zero-order chi connectivity index (χ0) is 41.2. The minimum Gasteiger partial charge on any atom is -0.310 e. The Balaban J connectivity index is 1.16. The molecule has 0 fully saturated rings. The number of hydrogen-bond donors (Lipinski definition) is 0. The molecular formula is C54H48N6. The van der Waals surface area contributed by atoms with Gasteiger partial charge in [-0.3, -0.25) is 4.57 Å². The summed E-state index contributed by atoms with van der Waals surface area (Å²) in [5, 5.41) is 7.39. The van der Waals surface area contributed by atoms with Crippen molar-refractivity contribution >= 4 is 68.1 Å². The molecule has 0 atom stereocenters. The van der Waals surface area contributed by atoms with Crippen LogP contribution in [-0.4, -0.2) is 19.3 Å². The van der Waals surface area contributed by atoms with Gasteiger partial charge in [0.15, 0.2) is 0 Å². The van der Waals surface area contributed by atoms with Gasteiger partial charge in [0, 0.05) is 34.0 Å². The maximum Gasteiger partial charge on any atom is 0.137 e. The van der Waals surface area contributed by atoms with E-state index in [-0.39, 0.29) is 10.8 Å². The highest BCUT2D eigenvalue weighted by Crippen LogP contribution is 2.44. The Morgan fingerprint density at radius 3 is 1.82 bits per heavy atom. The highest BCUT2D eigenvalue weighted by atomic mass is 15.3. The van der Waals surface area contributed by atoms with E-state index >= 15 is 0 Å². The van der Waals surface area contributed by atoms with Crippen molar-refractivity contribution < 1.29 is 0 Å². The van der Waals surface area contributed by atoms with E-state index in [1.165, 1.54) is 21.9 Å². The van der Waals surface area contributed by atoms with E-state index in [0.717, 1.165) is 67.8 Å². The van der Waals surface area contributed by atoms with E-state index in [0.29, 0.717) is 0 Å². The quantitative estimate of drug-likeness (QED) is 0.169. The van der Waals surface area contributed by atoms with Crippen molar-refractivity contribution in [3.8, 4) is 11.5 Å². The first kappa shape index (κ1) is 37.1. The van der Waals surface area contributed by atoms with Gasteiger partial charge in [-0.25, -0.2) is 9.67 Å². The molecule has 60 heavy (non-hydrogen) atoms. The van der Waals surface area contributed by atoms with E-state index in [2.05, 4.69) is 220 Å². The molecule has 3 aromatic heterocycles. The summed E-state index contributed by atoms with van der Waals surface area (Å²) in [6, 6.07) is 54.5. The molecule has 6 aromatic carbocycles. The number of hydrogen-bond acceptors (Lipinski definition) is 4. The lowest BCUT2D eigenvalue weighted by Crippen LogP contribution is -2.19. The number of pyridine rings is 1. The van der Waals surface area contributed by atoms with Crippen LogP contribution in [0.5, 0.6) is 0 Å². The summed E-state index contributed by atoms with van der Waals surface area (Å²) in [6.07, 6.45) is 10.4. The molecule has 4 heterocycles. The van der Waals surface area contributed by atoms with Crippen LogP contribution in [0.1, 0.15) is 63.8 Å². The number of rotatable bonds is 6. The van der Waals surface area contributed by atoms with Crippen molar-refractivity contribution in [1.82, 2.24) is 19.3 Å². The van der Waals surface area contributed by atoms with Crippen LogP contribution < -0.4 is 9.80 Å². The van der Waals surface area contributed by atoms with Gasteiger partial charge in [0.1, 0.15) is 5.82 Å². The summed E-state index contributed by atoms with van der Waals surface area (Å²) < 4.78 is 4.28. The lowest BCUT2D eigenvalue weighted by Gasteiger charge is -2.31. The van der Waals surface area contributed by atoms with Crippen LogP contribution >= 0.6 is 0 Å². The molecule has 0 amide bonds. The van der Waals surface area contributed by atoms with Crippen LogP contribution in [0, 0.1) is 0 Å². The number of anilines is 6. The standard InChI is InChI=1S/C54H48N6/c1-53(2,3)39-30-40(54(4,5)6)32-44(31-39)58(43-27-28-47-46-20-9-12-23-50(46)60(51(47)34-43)52-24-13-14-29-55-52)42-19-15-18-41(33-42)57-36-45(35-56-57)59-48-21-10-7-16-37(48)25-26-38-17-8-11-22-49(38)59/h7-36H,1-6H3. The molecule has 0 aliphatic carbocycles. The molecule has 1 aliphatic rings. The number of para-hydroxylation sites is 3. The molecule has 0 saturated heterocycles. The Hall–Kier alpha value is -7.18. The van der Waals surface area contributed by atoms with E-state index in [9.17, 15) is 0 Å². The molecule has 0 radical (unpaired) electrons. The first-order valence-corrected chi connectivity index (χ1v) is 20.7. The van der Waals surface area contributed by atoms with Gasteiger partial charge in [-0.15, -0.1) is 0 Å². The summed E-state index contributed by atoms with van der Waals surface area (Å²) in [6.45, 7) is 13.8. The van der Waals surface area contributed by atoms with Crippen LogP contribution in [0.3, 0.4) is 0 Å². The monoisotopic (exact) mass is 780 g/mol. The fourth-order valence-corrected chi connectivity index (χ4v) is 8.48. The topological polar surface area (TPSA) is 42.1 Å². The minimum atomic E-state index is -0.0650. The van der Waals surface area contributed by atoms with Gasteiger partial charge in [0.2, 0.25) is 0 Å². The third-order valence-corrected chi connectivity index (χ3v) is 11.7. The van der Waals surface area contributed by atoms with Crippen LogP contribution in [-0.2, 0) is 10.8 Å². The van der Waals surface area contributed by atoms with Crippen LogP contribution in [0.2, 0.25) is 0 Å². The average molecular weight is 781 g/mol. The summed E-state index contributed by atoms with van der Waals surface area (Å²) in [5.74, 6) is 0.888. The largest absolute Gasteiger partial charge is 0.310 e. The van der Waals surface area contributed by atoms with Gasteiger partial charge < -0.3 is 9.80 Å². The van der Waals surface area contributed by atoms with Crippen molar-refractivity contribution in [2.45, 2.75) is 52.4 Å². The maximum absolute atomic E-state index is 5.01. The maximum atomic E-state index is 5.01. The minimum absolute atomic E-state index is 0.0650. The predicted molar refractivity (Wildman–Crippen MR) is 251 cm³/mol. The van der Waals surface area contributed by atoms with Crippen molar-refractivity contribution in [3.05, 3.63) is 193 Å². The van der Waals surface area contributed by atoms with Crippen molar-refractivity contribution in [2.24, 2.45) is 0 Å². The van der Waals surface area contributed by atoms with Gasteiger partial charge in [-0.2, -0.15) is 5.10 Å². The Labute approximate surface area is 352 Å². The molecule has 294 valence electrons. The molecular weight excluding hydrogens is 733 g/mol. The van der Waals surface area contributed by atoms with Gasteiger partial charge in [0.05, 0.1) is 46.2 Å². The molecule has 1 aliphatic heterocycles. The highest BCUT2D eigenvalue weighted by Gasteiger charge is 2.26. The Morgan fingerprint density at radius 2 is 1.13 bits per heavy atom. The lowest BCUT2D eigenvalue weighted by molar-refractivity contribution is 0.569. The highest BCUT2D eigenvalue weighted by molar-refractivity contribution is 6.10. The Kier molecular flexibility index (Phi) is 8.83. The number of nitrogens with zero attached hydrogens (tertiary/aromatic N) is 6. The zero-order valence-corrected chi connectivity index (χ0v) is 35.0. The van der Waals surface area contributed by atoms with Crippen LogP contribution in [0.4, 0.5) is 34.1 Å². The number of aromatic nitrogens is 4. The predicted octanol–water partition coefficient (Wildman–Crippen LogP) is 14.4. The molecule has 6 heteroatoms. The third-order valence-electron chi connectivity index (χ3n) is 11.7. The van der Waals surface area contributed by atoms with E-state index in [1.807, 2.05) is 23.1 Å². The van der Waals surface area contributed by atoms with Gasteiger partial charge in [0.25, 0.3) is 0 Å². The first-order valence-electron chi connectivity index (χ1n) is 20.7. The van der Waals surface area contributed by atoms with Crippen LogP contribution in [0.25, 0.3) is 45.5 Å². The second-order valence-corrected chi connectivity index (χ2v) is 17.8. The van der Waals surface area contributed by atoms with Crippen LogP contribution in [0.15, 0.2) is 170 Å². The van der Waals surface area contributed by atoms with Crippen molar-refractivity contribution in [2.75, 3.05) is 9.80 Å². The molecule has 0 spiro atoms. The first-order chi connectivity index (χ1) is 29.0. The Bertz CT molecular complexity index is 3000. The molecule has 0 saturated carbocycles. The van der Waals surface area contributed by atoms with Gasteiger partial charge in [-0.05, 0) is 106 Å². The van der Waals surface area contributed by atoms with Crippen molar-refractivity contribution in [3.63, 3.8) is 0 Å². The van der Waals surface area contributed by atoms with Gasteiger partial charge >= 0.3 is 0 Å². The van der Waals surface area contributed by atoms with Gasteiger partial charge in [-0.1, -0.05) is 133 Å². The average Bonchev–Trinajstić information content (AvgIpc) is 3.82. The smallest absolute Gasteiger partial charge is 0.137 e. The lowest BCUT2D eigenvalue weighted by atomic mass is 9.80. The molecule has 10 rings (SSSR count). The SMILES string of the molecule is CC(C)(C)c1cc(N(c2cccc(-n3cc(N4c5ccccc5C=Cc5ccccc54)cn3)c2)c2ccc3c4ccccc4n(-c4ccccn4)c3c2)cc(C(C)(C)C)c1. The summed E-state index contributed by atoms with van der Waals surface area (Å²) in [5.41, 5.74) is 14.4. The van der Waals surface area contributed by atoms with E-state index < -0.39 is 0 Å². The second-order valence-electron chi connectivity index (χ2n) is 17.8. The molecule has 0 N–H and O–H groups in total. The summed E-state index contributed by atoms with van der Waals surface area (Å²) in [7, 11) is 0. The molecule has 9 aromatic rings. The molecule has 6 nitrogen and oxygen atoms in total. The summed E-state index contributed by atoms with van der Waals surface area (Å²) in [4.78, 5) is 9.55.